The normalized spacial score (nSPS) is 27.6. The first-order valence-corrected chi connectivity index (χ1v) is 6.75. The quantitative estimate of drug-likeness (QED) is 0.844. The molecule has 1 amide bonds. The first-order valence-electron chi connectivity index (χ1n) is 6.75. The lowest BCUT2D eigenvalue weighted by molar-refractivity contribution is 0.0960. The Labute approximate surface area is 118 Å². The van der Waals surface area contributed by atoms with Gasteiger partial charge in [-0.25, -0.2) is 9.78 Å². The second-order valence-corrected chi connectivity index (χ2v) is 5.97. The fourth-order valence-corrected chi connectivity index (χ4v) is 3.20. The van der Waals surface area contributed by atoms with Crippen molar-refractivity contribution in [2.24, 2.45) is 0 Å². The number of likely N-dealkylation sites (tertiary alicyclic amines) is 1. The number of nitrogens with zero attached hydrogens (tertiary/aromatic N) is 3. The van der Waals surface area contributed by atoms with Crippen molar-refractivity contribution in [1.82, 2.24) is 9.88 Å². The van der Waals surface area contributed by atoms with E-state index in [-0.39, 0.29) is 6.04 Å². The second-order valence-electron chi connectivity index (χ2n) is 5.97. The van der Waals surface area contributed by atoms with Crippen molar-refractivity contribution in [1.29, 1.82) is 0 Å². The molecule has 0 bridgehead atoms. The van der Waals surface area contributed by atoms with E-state index in [2.05, 4.69) is 4.98 Å². The molecule has 0 aliphatic carbocycles. The van der Waals surface area contributed by atoms with Gasteiger partial charge in [0.05, 0.1) is 12.7 Å². The van der Waals surface area contributed by atoms with Crippen molar-refractivity contribution >= 4 is 11.9 Å². The van der Waals surface area contributed by atoms with Gasteiger partial charge in [-0.15, -0.1) is 0 Å². The van der Waals surface area contributed by atoms with Gasteiger partial charge >= 0.3 is 6.09 Å². The molecule has 0 radical (unpaired) electrons. The van der Waals surface area contributed by atoms with Gasteiger partial charge in [-0.3, -0.25) is 0 Å². The highest BCUT2D eigenvalue weighted by Gasteiger charge is 2.49. The Morgan fingerprint density at radius 3 is 2.95 bits per heavy atom. The molecule has 0 aromatic carbocycles. The number of rotatable bonds is 1. The summed E-state index contributed by atoms with van der Waals surface area (Å²) in [5, 5.41) is 9.21. The van der Waals surface area contributed by atoms with Crippen molar-refractivity contribution in [3.05, 3.63) is 17.8 Å². The minimum absolute atomic E-state index is 0.0110. The molecule has 0 saturated carbocycles. The number of pyridine rings is 1. The predicted octanol–water partition coefficient (Wildman–Crippen LogP) is 1.59. The molecule has 1 saturated heterocycles. The number of anilines is 1. The Balaban J connectivity index is 1.85. The maximum Gasteiger partial charge on any atom is 0.407 e. The zero-order valence-corrected chi connectivity index (χ0v) is 12.0. The van der Waals surface area contributed by atoms with Crippen LogP contribution in [0.5, 0.6) is 5.75 Å². The Morgan fingerprint density at radius 1 is 1.60 bits per heavy atom. The van der Waals surface area contributed by atoms with E-state index >= 15 is 0 Å². The van der Waals surface area contributed by atoms with Gasteiger partial charge in [0.2, 0.25) is 0 Å². The topological polar surface area (TPSA) is 65.9 Å². The zero-order chi connectivity index (χ0) is 14.5. The van der Waals surface area contributed by atoms with Crippen LogP contribution in [0.25, 0.3) is 0 Å². The molecule has 0 unspecified atom stereocenters. The SMILES string of the molecule is C[C@H]1C[C@]2(Cc3cc(N(C)C)ncc3O2)CN1C(=O)O. The van der Waals surface area contributed by atoms with E-state index in [1.54, 1.807) is 6.20 Å². The fourth-order valence-electron chi connectivity index (χ4n) is 3.20. The van der Waals surface area contributed by atoms with E-state index in [0.29, 0.717) is 6.54 Å². The maximum atomic E-state index is 11.2. The van der Waals surface area contributed by atoms with Crippen molar-refractivity contribution < 1.29 is 14.6 Å². The Kier molecular flexibility index (Phi) is 2.77. The molecule has 2 aliphatic rings. The van der Waals surface area contributed by atoms with Gasteiger partial charge in [0.25, 0.3) is 0 Å². The summed E-state index contributed by atoms with van der Waals surface area (Å²) < 4.78 is 6.05. The highest BCUT2D eigenvalue weighted by Crippen LogP contribution is 2.42. The smallest absolute Gasteiger partial charge is 0.407 e. The predicted molar refractivity (Wildman–Crippen MR) is 74.4 cm³/mol. The highest BCUT2D eigenvalue weighted by molar-refractivity contribution is 5.66. The third-order valence-electron chi connectivity index (χ3n) is 4.13. The number of amides is 1. The summed E-state index contributed by atoms with van der Waals surface area (Å²) in [6, 6.07) is 2.01. The maximum absolute atomic E-state index is 11.2. The summed E-state index contributed by atoms with van der Waals surface area (Å²) in [5.74, 6) is 1.68. The lowest BCUT2D eigenvalue weighted by Crippen LogP contribution is -2.39. The second kappa shape index (κ2) is 4.26. The van der Waals surface area contributed by atoms with Crippen LogP contribution in [-0.2, 0) is 6.42 Å². The van der Waals surface area contributed by atoms with Gasteiger partial charge in [-0.2, -0.15) is 0 Å². The number of carbonyl (C=O) groups is 1. The standard InChI is InChI=1S/C14H19N3O3/c1-9-5-14(8-17(9)13(18)19)6-10-4-12(16(2)3)15-7-11(10)20-14/h4,7,9H,5-6,8H2,1-3H3,(H,18,19)/t9-,14-/m0/s1. The van der Waals surface area contributed by atoms with Gasteiger partial charge in [-0.1, -0.05) is 0 Å². The summed E-state index contributed by atoms with van der Waals surface area (Å²) in [5.41, 5.74) is 0.704. The fraction of sp³-hybridized carbons (Fsp3) is 0.571. The highest BCUT2D eigenvalue weighted by atomic mass is 16.5. The summed E-state index contributed by atoms with van der Waals surface area (Å²) >= 11 is 0. The van der Waals surface area contributed by atoms with Crippen LogP contribution in [0.15, 0.2) is 12.3 Å². The molecule has 1 fully saturated rings. The van der Waals surface area contributed by atoms with E-state index in [1.807, 2.05) is 32.0 Å². The summed E-state index contributed by atoms with van der Waals surface area (Å²) in [4.78, 5) is 19.0. The van der Waals surface area contributed by atoms with E-state index in [9.17, 15) is 9.90 Å². The lowest BCUT2D eigenvalue weighted by atomic mass is 9.95. The molecule has 1 spiro atoms. The van der Waals surface area contributed by atoms with Crippen molar-refractivity contribution in [2.75, 3.05) is 25.5 Å². The number of hydrogen-bond acceptors (Lipinski definition) is 4. The third-order valence-corrected chi connectivity index (χ3v) is 4.13. The number of aromatic nitrogens is 1. The molecule has 2 atom stereocenters. The van der Waals surface area contributed by atoms with Crippen LogP contribution in [0.1, 0.15) is 18.9 Å². The van der Waals surface area contributed by atoms with Crippen LogP contribution in [0.2, 0.25) is 0 Å². The molecule has 3 rings (SSSR count). The minimum atomic E-state index is -0.874. The number of carboxylic acid groups (broad SMARTS) is 1. The van der Waals surface area contributed by atoms with Crippen molar-refractivity contribution in [3.8, 4) is 5.75 Å². The first kappa shape index (κ1) is 13.0. The number of ether oxygens (including phenoxy) is 1. The van der Waals surface area contributed by atoms with Gasteiger partial charge < -0.3 is 19.6 Å². The molecular weight excluding hydrogens is 258 g/mol. The van der Waals surface area contributed by atoms with Crippen molar-refractivity contribution in [2.45, 2.75) is 31.4 Å². The van der Waals surface area contributed by atoms with Crippen LogP contribution in [0.4, 0.5) is 10.6 Å². The molecular formula is C14H19N3O3. The average Bonchev–Trinajstić information content (AvgIpc) is 2.87. The van der Waals surface area contributed by atoms with Crippen LogP contribution in [0, 0.1) is 0 Å². The molecule has 1 aromatic heterocycles. The molecule has 6 nitrogen and oxygen atoms in total. The number of fused-ring (bicyclic) bond motifs is 1. The van der Waals surface area contributed by atoms with Gasteiger partial charge in [-0.05, 0) is 13.0 Å². The molecule has 2 aliphatic heterocycles. The van der Waals surface area contributed by atoms with E-state index in [4.69, 9.17) is 4.74 Å². The van der Waals surface area contributed by atoms with E-state index in [0.717, 1.165) is 30.0 Å². The van der Waals surface area contributed by atoms with Gasteiger partial charge in [0, 0.05) is 38.5 Å². The van der Waals surface area contributed by atoms with Crippen LogP contribution in [0.3, 0.4) is 0 Å². The average molecular weight is 277 g/mol. The molecule has 20 heavy (non-hydrogen) atoms. The minimum Gasteiger partial charge on any atom is -0.483 e. The molecule has 1 aromatic rings. The van der Waals surface area contributed by atoms with Gasteiger partial charge in [0.1, 0.15) is 17.2 Å². The van der Waals surface area contributed by atoms with E-state index in [1.165, 1.54) is 4.90 Å². The zero-order valence-electron chi connectivity index (χ0n) is 12.0. The lowest BCUT2D eigenvalue weighted by Gasteiger charge is -2.22. The summed E-state index contributed by atoms with van der Waals surface area (Å²) in [7, 11) is 3.90. The molecule has 108 valence electrons. The monoisotopic (exact) mass is 277 g/mol. The van der Waals surface area contributed by atoms with E-state index < -0.39 is 11.7 Å². The summed E-state index contributed by atoms with van der Waals surface area (Å²) in [6.45, 7) is 2.36. The summed E-state index contributed by atoms with van der Waals surface area (Å²) in [6.07, 6.45) is 2.35. The Bertz CT molecular complexity index is 561. The molecule has 6 heteroatoms. The Hall–Kier alpha value is -1.98. The first-order chi connectivity index (χ1) is 9.40. The van der Waals surface area contributed by atoms with Crippen LogP contribution in [-0.4, -0.2) is 53.4 Å². The van der Waals surface area contributed by atoms with Gasteiger partial charge in [0.15, 0.2) is 0 Å². The third kappa shape index (κ3) is 1.95. The Morgan fingerprint density at radius 2 is 2.35 bits per heavy atom. The van der Waals surface area contributed by atoms with Crippen LogP contribution >= 0.6 is 0 Å². The number of hydrogen-bond donors (Lipinski definition) is 1. The molecule has 1 N–H and O–H groups in total. The molecule has 3 heterocycles. The van der Waals surface area contributed by atoms with Crippen LogP contribution < -0.4 is 9.64 Å². The van der Waals surface area contributed by atoms with Crippen molar-refractivity contribution in [3.63, 3.8) is 0 Å². The largest absolute Gasteiger partial charge is 0.483 e.